The average Bonchev–Trinajstić information content (AvgIpc) is 4.07. The van der Waals surface area contributed by atoms with Crippen LogP contribution in [-0.2, 0) is 27.5 Å². The summed E-state index contributed by atoms with van der Waals surface area (Å²) in [6.07, 6.45) is 4.62. The van der Waals surface area contributed by atoms with Crippen molar-refractivity contribution in [1.82, 2.24) is 50.5 Å². The fourth-order valence-corrected chi connectivity index (χ4v) is 9.19. The summed E-state index contributed by atoms with van der Waals surface area (Å²) in [6, 6.07) is 21.3. The van der Waals surface area contributed by atoms with Crippen molar-refractivity contribution in [2.75, 3.05) is 44.2 Å². The lowest BCUT2D eigenvalue weighted by molar-refractivity contribution is -0.144. The lowest BCUT2D eigenvalue weighted by Gasteiger charge is -2.35. The summed E-state index contributed by atoms with van der Waals surface area (Å²) < 4.78 is 1.90. The van der Waals surface area contributed by atoms with Crippen molar-refractivity contribution in [2.24, 2.45) is 5.41 Å². The number of aromatic nitrogens is 5. The third kappa shape index (κ3) is 10.7. The van der Waals surface area contributed by atoms with Crippen molar-refractivity contribution in [2.45, 2.75) is 71.8 Å². The SMILES string of the molecule is Cc1ncsc1-c1ccc(CNC(=O)[C@@H]2C[C@@H](O)CN2C(=O)[C@@H](NC(=O)CCNC(=O)c2ccc3c(N4CCN(Cc5cnn(-c6ccccc6)c5)CC4)ncnc3c2)C(C)(C)C)cc1. The Morgan fingerprint density at radius 1 is 0.908 bits per heavy atom. The number of likely N-dealkylation sites (tertiary alicyclic amines) is 1. The Labute approximate surface area is 382 Å². The highest BCUT2D eigenvalue weighted by atomic mass is 32.1. The van der Waals surface area contributed by atoms with Crippen LogP contribution in [0.25, 0.3) is 27.0 Å². The molecule has 5 heterocycles. The molecule has 338 valence electrons. The van der Waals surface area contributed by atoms with Crippen molar-refractivity contribution < 1.29 is 24.3 Å². The van der Waals surface area contributed by atoms with Crippen molar-refractivity contribution in [3.63, 3.8) is 0 Å². The molecule has 0 unspecified atom stereocenters. The van der Waals surface area contributed by atoms with Crippen LogP contribution < -0.4 is 20.9 Å². The number of fused-ring (bicyclic) bond motifs is 1. The van der Waals surface area contributed by atoms with Crippen LogP contribution in [-0.4, -0.2) is 121 Å². The van der Waals surface area contributed by atoms with Gasteiger partial charge in [0.25, 0.3) is 5.91 Å². The lowest BCUT2D eigenvalue weighted by Crippen LogP contribution is -2.57. The highest BCUT2D eigenvalue weighted by molar-refractivity contribution is 7.13. The van der Waals surface area contributed by atoms with Gasteiger partial charge in [-0.2, -0.15) is 5.10 Å². The summed E-state index contributed by atoms with van der Waals surface area (Å²) in [7, 11) is 0. The maximum atomic E-state index is 14.1. The number of anilines is 1. The molecule has 4 amide bonds. The quantitative estimate of drug-likeness (QED) is 0.121. The maximum Gasteiger partial charge on any atom is 0.251 e. The fraction of sp³-hybridized carbons (Fsp3) is 0.375. The molecule has 17 heteroatoms. The van der Waals surface area contributed by atoms with Gasteiger partial charge in [-0.3, -0.25) is 24.1 Å². The standard InChI is InChI=1S/C48H55N11O5S/c1-31-42(65-30-53-31)34-12-10-32(11-13-34)24-50-46(63)40-23-37(60)28-58(40)47(64)43(48(2,3)4)55-41(61)16-17-49-45(62)35-14-15-38-39(22-35)51-29-52-44(38)57-20-18-56(19-21-57)26-33-25-54-59(27-33)36-8-6-5-7-9-36/h5-15,22,25,27,29-30,37,40,43,60H,16-21,23-24,26,28H2,1-4H3,(H,49,62)(H,50,63)(H,55,61)/t37-,40+,43-/m1/s1. The second kappa shape index (κ2) is 19.7. The third-order valence-electron chi connectivity index (χ3n) is 12.0. The average molecular weight is 898 g/mol. The first-order chi connectivity index (χ1) is 31.3. The predicted molar refractivity (Wildman–Crippen MR) is 249 cm³/mol. The van der Waals surface area contributed by atoms with Gasteiger partial charge < -0.3 is 30.9 Å². The highest BCUT2D eigenvalue weighted by Crippen LogP contribution is 2.29. The van der Waals surface area contributed by atoms with E-state index in [0.717, 1.165) is 76.9 Å². The second-order valence-electron chi connectivity index (χ2n) is 17.8. The van der Waals surface area contributed by atoms with Crippen LogP contribution in [0.2, 0.25) is 0 Å². The summed E-state index contributed by atoms with van der Waals surface area (Å²) in [6.45, 7) is 11.8. The molecule has 2 saturated heterocycles. The largest absolute Gasteiger partial charge is 0.391 e. The van der Waals surface area contributed by atoms with Crippen LogP contribution in [0, 0.1) is 12.3 Å². The number of benzene rings is 3. The minimum absolute atomic E-state index is 0.0262. The van der Waals surface area contributed by atoms with Crippen LogP contribution in [0.3, 0.4) is 0 Å². The summed E-state index contributed by atoms with van der Waals surface area (Å²) in [5.74, 6) is -0.818. The first-order valence-corrected chi connectivity index (χ1v) is 22.8. The van der Waals surface area contributed by atoms with E-state index in [1.165, 1.54) is 11.2 Å². The van der Waals surface area contributed by atoms with Crippen molar-refractivity contribution in [3.05, 3.63) is 119 Å². The summed E-state index contributed by atoms with van der Waals surface area (Å²) in [5.41, 5.74) is 7.19. The Hall–Kier alpha value is -6.56. The number of hydrogen-bond donors (Lipinski definition) is 4. The molecule has 6 aromatic rings. The van der Waals surface area contributed by atoms with Gasteiger partial charge in [-0.05, 0) is 53.8 Å². The van der Waals surface area contributed by atoms with Crippen molar-refractivity contribution in [3.8, 4) is 16.1 Å². The van der Waals surface area contributed by atoms with E-state index in [4.69, 9.17) is 0 Å². The number of aliphatic hydroxyl groups excluding tert-OH is 1. The lowest BCUT2D eigenvalue weighted by atomic mass is 9.85. The number of nitrogens with zero attached hydrogens (tertiary/aromatic N) is 8. The van der Waals surface area contributed by atoms with Crippen LogP contribution >= 0.6 is 11.3 Å². The van der Waals surface area contributed by atoms with Crippen LogP contribution in [0.15, 0.2) is 97.0 Å². The van der Waals surface area contributed by atoms with E-state index in [1.54, 1.807) is 23.5 Å². The molecule has 0 bridgehead atoms. The molecule has 3 aromatic carbocycles. The number of nitrogens with one attached hydrogen (secondary N) is 3. The number of aliphatic hydroxyl groups is 1. The molecule has 2 aliphatic rings. The topological polar surface area (TPSA) is 191 Å². The van der Waals surface area contributed by atoms with Gasteiger partial charge in [0.05, 0.1) is 39.6 Å². The Kier molecular flexibility index (Phi) is 13.6. The summed E-state index contributed by atoms with van der Waals surface area (Å²) in [5, 5.41) is 24.6. The number of hydrogen-bond acceptors (Lipinski definition) is 12. The van der Waals surface area contributed by atoms with Gasteiger partial charge in [0, 0.05) is 87.9 Å². The molecule has 3 aromatic heterocycles. The number of carbonyl (C=O) groups is 4. The van der Waals surface area contributed by atoms with Gasteiger partial charge in [0.2, 0.25) is 17.7 Å². The number of piperazine rings is 1. The fourth-order valence-electron chi connectivity index (χ4n) is 8.38. The zero-order chi connectivity index (χ0) is 45.7. The third-order valence-corrected chi connectivity index (χ3v) is 12.9. The van der Waals surface area contributed by atoms with E-state index in [-0.39, 0.29) is 44.3 Å². The molecule has 0 spiro atoms. The number of rotatable bonds is 14. The maximum absolute atomic E-state index is 14.1. The Bertz CT molecular complexity index is 2640. The molecule has 4 N–H and O–H groups in total. The molecule has 0 radical (unpaired) electrons. The number of thiazole rings is 1. The van der Waals surface area contributed by atoms with Gasteiger partial charge in [-0.15, -0.1) is 11.3 Å². The Morgan fingerprint density at radius 3 is 2.40 bits per heavy atom. The molecular formula is C48H55N11O5S. The predicted octanol–water partition coefficient (Wildman–Crippen LogP) is 4.50. The number of para-hydroxylation sites is 1. The van der Waals surface area contributed by atoms with Gasteiger partial charge in [0.15, 0.2) is 0 Å². The Balaban J connectivity index is 0.815. The van der Waals surface area contributed by atoms with Gasteiger partial charge >= 0.3 is 0 Å². The van der Waals surface area contributed by atoms with Gasteiger partial charge in [0.1, 0.15) is 24.2 Å². The zero-order valence-corrected chi connectivity index (χ0v) is 37.9. The van der Waals surface area contributed by atoms with E-state index in [2.05, 4.69) is 52.0 Å². The minimum atomic E-state index is -0.989. The van der Waals surface area contributed by atoms with Crippen LogP contribution in [0.4, 0.5) is 5.82 Å². The number of amides is 4. The van der Waals surface area contributed by atoms with Crippen molar-refractivity contribution in [1.29, 1.82) is 0 Å². The molecule has 0 aliphatic carbocycles. The minimum Gasteiger partial charge on any atom is -0.391 e. The monoisotopic (exact) mass is 897 g/mol. The summed E-state index contributed by atoms with van der Waals surface area (Å²) in [4.78, 5) is 74.7. The molecule has 2 aliphatic heterocycles. The van der Waals surface area contributed by atoms with E-state index in [9.17, 15) is 24.3 Å². The molecule has 65 heavy (non-hydrogen) atoms. The molecule has 2 fully saturated rings. The van der Waals surface area contributed by atoms with Gasteiger partial charge in [-0.25, -0.2) is 19.6 Å². The van der Waals surface area contributed by atoms with Gasteiger partial charge in [-0.1, -0.05) is 63.2 Å². The van der Waals surface area contributed by atoms with Crippen LogP contribution in [0.1, 0.15) is 60.8 Å². The smallest absolute Gasteiger partial charge is 0.251 e. The molecule has 16 nitrogen and oxygen atoms in total. The first-order valence-electron chi connectivity index (χ1n) is 21.9. The first kappa shape index (κ1) is 45.0. The molecule has 0 saturated carbocycles. The molecular weight excluding hydrogens is 843 g/mol. The molecule has 8 rings (SSSR count). The number of aryl methyl sites for hydroxylation is 1. The van der Waals surface area contributed by atoms with Crippen LogP contribution in [0.5, 0.6) is 0 Å². The number of carbonyl (C=O) groups excluding carboxylic acids is 4. The number of β-amino-alcohol motifs (C(OH)–C–C–N with tert-alkyl or cyclic N) is 1. The zero-order valence-electron chi connectivity index (χ0n) is 37.1. The normalized spacial score (nSPS) is 17.2. The van der Waals surface area contributed by atoms with E-state index in [0.29, 0.717) is 11.1 Å². The van der Waals surface area contributed by atoms with E-state index >= 15 is 0 Å². The summed E-state index contributed by atoms with van der Waals surface area (Å²) >= 11 is 1.57. The van der Waals surface area contributed by atoms with Crippen molar-refractivity contribution >= 4 is 51.7 Å². The van der Waals surface area contributed by atoms with E-state index in [1.807, 2.05) is 105 Å². The highest BCUT2D eigenvalue weighted by Gasteiger charge is 2.44. The second-order valence-corrected chi connectivity index (χ2v) is 18.6. The molecule has 3 atom stereocenters. The Morgan fingerprint density at radius 2 is 1.68 bits per heavy atom. The van der Waals surface area contributed by atoms with E-state index < -0.39 is 35.4 Å².